The van der Waals surface area contributed by atoms with Crippen molar-refractivity contribution in [2.45, 2.75) is 31.7 Å². The van der Waals surface area contributed by atoms with Gasteiger partial charge >= 0.3 is 11.9 Å². The summed E-state index contributed by atoms with van der Waals surface area (Å²) < 4.78 is 0. The summed E-state index contributed by atoms with van der Waals surface area (Å²) in [6.07, 6.45) is 2.91. The Balaban J connectivity index is 0. The summed E-state index contributed by atoms with van der Waals surface area (Å²) in [5, 5.41) is 16.2. The molecule has 0 aromatic heterocycles. The van der Waals surface area contributed by atoms with Gasteiger partial charge in [-0.1, -0.05) is 6.42 Å². The van der Waals surface area contributed by atoms with Crippen molar-refractivity contribution in [3.05, 3.63) is 0 Å². The molecule has 0 fully saturated rings. The van der Waals surface area contributed by atoms with Crippen molar-refractivity contribution in [1.82, 2.24) is 0 Å². The fourth-order valence-corrected chi connectivity index (χ4v) is 0.698. The molecule has 0 aromatic carbocycles. The molecule has 0 aliphatic rings. The minimum Gasteiger partial charge on any atom is -0.481 e. The highest BCUT2D eigenvalue weighted by atomic mass is 16.4. The van der Waals surface area contributed by atoms with E-state index < -0.39 is 18.0 Å². The smallest absolute Gasteiger partial charge is 0.321 e. The highest BCUT2D eigenvalue weighted by Gasteiger charge is 2.05. The summed E-state index contributed by atoms with van der Waals surface area (Å²) in [4.78, 5) is 19.7. The van der Waals surface area contributed by atoms with E-state index in [1.54, 1.807) is 0 Å². The van der Waals surface area contributed by atoms with Crippen molar-refractivity contribution in [2.75, 3.05) is 13.1 Å². The van der Waals surface area contributed by atoms with E-state index in [4.69, 9.17) is 27.4 Å². The number of hydrogen-bond acceptors (Lipinski definition) is 5. The van der Waals surface area contributed by atoms with Crippen molar-refractivity contribution in [1.29, 1.82) is 0 Å². The van der Waals surface area contributed by atoms with Crippen LogP contribution in [0.1, 0.15) is 25.7 Å². The predicted octanol–water partition coefficient (Wildman–Crippen LogP) is -1.05. The molecule has 0 amide bonds. The quantitative estimate of drug-likeness (QED) is 0.353. The summed E-state index contributed by atoms with van der Waals surface area (Å²) in [7, 11) is 0. The lowest BCUT2D eigenvalue weighted by molar-refractivity contribution is -0.138. The molecule has 0 bridgehead atoms. The molecule has 1 atom stereocenters. The summed E-state index contributed by atoms with van der Waals surface area (Å²) >= 11 is 0. The van der Waals surface area contributed by atoms with Gasteiger partial charge in [0, 0.05) is 13.0 Å². The average Bonchev–Trinajstić information content (AvgIpc) is 2.23. The molecule has 0 spiro atoms. The van der Waals surface area contributed by atoms with Gasteiger partial charge in [0.05, 0.1) is 0 Å². The van der Waals surface area contributed by atoms with Crippen LogP contribution in [0.3, 0.4) is 0 Å². The van der Waals surface area contributed by atoms with Crippen LogP contribution in [0.15, 0.2) is 0 Å². The second kappa shape index (κ2) is 11.9. The zero-order valence-electron chi connectivity index (χ0n) is 9.26. The van der Waals surface area contributed by atoms with E-state index in [2.05, 4.69) is 0 Å². The molecule has 96 valence electrons. The zero-order chi connectivity index (χ0) is 13.0. The predicted molar refractivity (Wildman–Crippen MR) is 59.8 cm³/mol. The first-order chi connectivity index (χ1) is 7.45. The molecule has 0 aliphatic heterocycles. The Morgan fingerprint density at radius 1 is 1.06 bits per heavy atom. The molecule has 16 heavy (non-hydrogen) atoms. The second-order valence-electron chi connectivity index (χ2n) is 3.17. The number of aliphatic carboxylic acids is 2. The summed E-state index contributed by atoms with van der Waals surface area (Å²) in [6.45, 7) is 0.662. The van der Waals surface area contributed by atoms with Crippen LogP contribution in [-0.4, -0.2) is 41.3 Å². The maximum atomic E-state index is 9.93. The van der Waals surface area contributed by atoms with Crippen molar-refractivity contribution in [2.24, 2.45) is 17.2 Å². The minimum atomic E-state index is -1.05. The van der Waals surface area contributed by atoms with E-state index in [-0.39, 0.29) is 13.0 Å². The highest BCUT2D eigenvalue weighted by molar-refractivity contribution is 5.73. The van der Waals surface area contributed by atoms with Gasteiger partial charge in [0.15, 0.2) is 0 Å². The van der Waals surface area contributed by atoms with Crippen LogP contribution in [-0.2, 0) is 9.59 Å². The van der Waals surface area contributed by atoms with Crippen LogP contribution in [0, 0.1) is 0 Å². The topological polar surface area (TPSA) is 153 Å². The molecule has 8 N–H and O–H groups in total. The number of carbonyl (C=O) groups is 2. The molecular formula is C9H21N3O4. The van der Waals surface area contributed by atoms with Crippen LogP contribution in [0.2, 0.25) is 0 Å². The van der Waals surface area contributed by atoms with Gasteiger partial charge in [-0.3, -0.25) is 9.59 Å². The number of carboxylic acids is 2. The third-order valence-corrected chi connectivity index (χ3v) is 1.67. The van der Waals surface area contributed by atoms with Gasteiger partial charge < -0.3 is 27.4 Å². The lowest BCUT2D eigenvalue weighted by Gasteiger charge is -1.97. The molecule has 0 saturated carbocycles. The molecule has 1 unspecified atom stereocenters. The lowest BCUT2D eigenvalue weighted by atomic mass is 10.2. The Kier molecular flexibility index (Phi) is 12.8. The number of carboxylic acid groups (broad SMARTS) is 2. The van der Waals surface area contributed by atoms with Crippen LogP contribution >= 0.6 is 0 Å². The molecule has 0 rings (SSSR count). The standard InChI is InChI=1S/C6H13NO2.C3H8N2O2/c7-5-3-1-2-4-6(8)9;4-1-2(5)3(6)7/h1-5,7H2,(H,8,9);2H,1,4-5H2,(H,6,7). The van der Waals surface area contributed by atoms with Crippen molar-refractivity contribution in [3.63, 3.8) is 0 Å². The highest BCUT2D eigenvalue weighted by Crippen LogP contribution is 1.97. The number of unbranched alkanes of at least 4 members (excludes halogenated alkanes) is 2. The van der Waals surface area contributed by atoms with Gasteiger partial charge in [0.2, 0.25) is 0 Å². The Hall–Kier alpha value is -1.18. The largest absolute Gasteiger partial charge is 0.481 e. The van der Waals surface area contributed by atoms with E-state index in [1.807, 2.05) is 0 Å². The monoisotopic (exact) mass is 235 g/mol. The van der Waals surface area contributed by atoms with Gasteiger partial charge in [-0.2, -0.15) is 0 Å². The first-order valence-corrected chi connectivity index (χ1v) is 5.06. The van der Waals surface area contributed by atoms with Gasteiger partial charge in [-0.05, 0) is 19.4 Å². The van der Waals surface area contributed by atoms with E-state index in [0.29, 0.717) is 6.54 Å². The maximum absolute atomic E-state index is 9.93. The van der Waals surface area contributed by atoms with Crippen molar-refractivity contribution in [3.8, 4) is 0 Å². The summed E-state index contributed by atoms with van der Waals surface area (Å²) in [6, 6.07) is -0.903. The minimum absolute atomic E-state index is 0.00463. The van der Waals surface area contributed by atoms with Crippen LogP contribution in [0.5, 0.6) is 0 Å². The molecule has 0 radical (unpaired) electrons. The van der Waals surface area contributed by atoms with Crippen molar-refractivity contribution < 1.29 is 19.8 Å². The van der Waals surface area contributed by atoms with Crippen LogP contribution < -0.4 is 17.2 Å². The molecule has 7 heteroatoms. The molecule has 7 nitrogen and oxygen atoms in total. The van der Waals surface area contributed by atoms with Gasteiger partial charge in [-0.25, -0.2) is 0 Å². The Morgan fingerprint density at radius 2 is 1.62 bits per heavy atom. The Morgan fingerprint density at radius 3 is 1.88 bits per heavy atom. The maximum Gasteiger partial charge on any atom is 0.321 e. The van der Waals surface area contributed by atoms with E-state index in [9.17, 15) is 9.59 Å². The normalized spacial score (nSPS) is 11.2. The van der Waals surface area contributed by atoms with Gasteiger partial charge in [0.1, 0.15) is 6.04 Å². The SMILES string of the molecule is NCC(N)C(=O)O.NCCCCCC(=O)O. The first kappa shape index (κ1) is 17.2. The summed E-state index contributed by atoms with van der Waals surface area (Å²) in [5.74, 6) is -1.77. The van der Waals surface area contributed by atoms with E-state index in [1.165, 1.54) is 0 Å². The zero-order valence-corrected chi connectivity index (χ0v) is 9.26. The fourth-order valence-electron chi connectivity index (χ4n) is 0.698. The fraction of sp³-hybridized carbons (Fsp3) is 0.778. The first-order valence-electron chi connectivity index (χ1n) is 5.06. The average molecular weight is 235 g/mol. The number of nitrogens with two attached hydrogens (primary N) is 3. The van der Waals surface area contributed by atoms with Gasteiger partial charge in [-0.15, -0.1) is 0 Å². The third kappa shape index (κ3) is 15.3. The van der Waals surface area contributed by atoms with Crippen LogP contribution in [0.25, 0.3) is 0 Å². The lowest BCUT2D eigenvalue weighted by Crippen LogP contribution is -2.37. The number of hydrogen-bond donors (Lipinski definition) is 5. The second-order valence-corrected chi connectivity index (χ2v) is 3.17. The Bertz CT molecular complexity index is 199. The van der Waals surface area contributed by atoms with Crippen molar-refractivity contribution >= 4 is 11.9 Å². The van der Waals surface area contributed by atoms with Gasteiger partial charge in [0.25, 0.3) is 0 Å². The van der Waals surface area contributed by atoms with Crippen LogP contribution in [0.4, 0.5) is 0 Å². The summed E-state index contributed by atoms with van der Waals surface area (Å²) in [5.41, 5.74) is 15.0. The third-order valence-electron chi connectivity index (χ3n) is 1.67. The molecule has 0 aliphatic carbocycles. The number of rotatable bonds is 7. The molecule has 0 heterocycles. The Labute approximate surface area is 94.6 Å². The van der Waals surface area contributed by atoms with E-state index >= 15 is 0 Å². The molecule has 0 aromatic rings. The molecular weight excluding hydrogens is 214 g/mol. The molecule has 0 saturated heterocycles. The van der Waals surface area contributed by atoms with E-state index in [0.717, 1.165) is 19.3 Å².